The third kappa shape index (κ3) is 2.85. The third-order valence-electron chi connectivity index (χ3n) is 3.86. The number of amides is 3. The van der Waals surface area contributed by atoms with Crippen LogP contribution in [0.1, 0.15) is 39.2 Å². The van der Waals surface area contributed by atoms with E-state index in [0.717, 1.165) is 10.5 Å². The lowest BCUT2D eigenvalue weighted by atomic mass is 10.1. The van der Waals surface area contributed by atoms with Crippen molar-refractivity contribution in [2.24, 2.45) is 0 Å². The van der Waals surface area contributed by atoms with Crippen molar-refractivity contribution in [2.45, 2.75) is 13.0 Å². The van der Waals surface area contributed by atoms with E-state index in [1.165, 1.54) is 0 Å². The normalized spacial score (nSPS) is 14.6. The number of benzene rings is 2. The molecule has 1 aliphatic rings. The van der Waals surface area contributed by atoms with E-state index in [4.69, 9.17) is 0 Å². The van der Waals surface area contributed by atoms with Crippen LogP contribution < -0.4 is 5.32 Å². The molecule has 5 nitrogen and oxygen atoms in total. The summed E-state index contributed by atoms with van der Waals surface area (Å²) in [5, 5.41) is 2.81. The van der Waals surface area contributed by atoms with Crippen molar-refractivity contribution < 1.29 is 14.4 Å². The van der Waals surface area contributed by atoms with Crippen LogP contribution in [0.3, 0.4) is 0 Å². The summed E-state index contributed by atoms with van der Waals surface area (Å²) in [6.07, 6.45) is 0. The lowest BCUT2D eigenvalue weighted by Gasteiger charge is -2.17. The quantitative estimate of drug-likeness (QED) is 0.880. The molecule has 0 fully saturated rings. The van der Waals surface area contributed by atoms with Gasteiger partial charge in [-0.3, -0.25) is 19.3 Å². The van der Waals surface area contributed by atoms with E-state index in [2.05, 4.69) is 5.32 Å². The van der Waals surface area contributed by atoms with Gasteiger partial charge in [0.1, 0.15) is 6.54 Å². The first kappa shape index (κ1) is 15.0. The molecule has 116 valence electrons. The number of rotatable bonds is 4. The van der Waals surface area contributed by atoms with Gasteiger partial charge in [-0.2, -0.15) is 0 Å². The molecule has 0 saturated heterocycles. The zero-order chi connectivity index (χ0) is 16.4. The molecule has 1 heterocycles. The second-order valence-electron chi connectivity index (χ2n) is 5.44. The summed E-state index contributed by atoms with van der Waals surface area (Å²) in [5.41, 5.74) is 1.66. The maximum Gasteiger partial charge on any atom is 0.262 e. The van der Waals surface area contributed by atoms with Crippen molar-refractivity contribution >= 4 is 17.7 Å². The van der Waals surface area contributed by atoms with E-state index in [0.29, 0.717) is 11.1 Å². The summed E-state index contributed by atoms with van der Waals surface area (Å²) in [5.74, 6) is -1.21. The summed E-state index contributed by atoms with van der Waals surface area (Å²) in [6, 6.07) is 15.9. The number of fused-ring (bicyclic) bond motifs is 1. The number of carbonyl (C=O) groups is 3. The van der Waals surface area contributed by atoms with Gasteiger partial charge in [-0.1, -0.05) is 42.5 Å². The van der Waals surface area contributed by atoms with Crippen LogP contribution in [0.5, 0.6) is 0 Å². The Balaban J connectivity index is 1.68. The lowest BCUT2D eigenvalue weighted by molar-refractivity contribution is -0.122. The first-order valence-corrected chi connectivity index (χ1v) is 7.37. The minimum absolute atomic E-state index is 0.195. The minimum atomic E-state index is -0.423. The fourth-order valence-electron chi connectivity index (χ4n) is 2.64. The Labute approximate surface area is 133 Å². The van der Waals surface area contributed by atoms with E-state index < -0.39 is 11.8 Å². The van der Waals surface area contributed by atoms with E-state index in [-0.39, 0.29) is 18.5 Å². The molecule has 0 bridgehead atoms. The highest BCUT2D eigenvalue weighted by molar-refractivity contribution is 6.22. The third-order valence-corrected chi connectivity index (χ3v) is 3.86. The van der Waals surface area contributed by atoms with Gasteiger partial charge in [0.15, 0.2) is 0 Å². The van der Waals surface area contributed by atoms with Gasteiger partial charge in [0.2, 0.25) is 5.91 Å². The first-order chi connectivity index (χ1) is 11.1. The number of nitrogens with one attached hydrogen (secondary N) is 1. The summed E-state index contributed by atoms with van der Waals surface area (Å²) in [6.45, 7) is 1.58. The highest BCUT2D eigenvalue weighted by Gasteiger charge is 2.36. The summed E-state index contributed by atoms with van der Waals surface area (Å²) in [4.78, 5) is 37.6. The van der Waals surface area contributed by atoms with Crippen LogP contribution in [-0.2, 0) is 4.79 Å². The summed E-state index contributed by atoms with van der Waals surface area (Å²) < 4.78 is 0. The van der Waals surface area contributed by atoms with Crippen LogP contribution in [0.4, 0.5) is 0 Å². The number of nitrogens with zero attached hydrogens (tertiary/aromatic N) is 1. The van der Waals surface area contributed by atoms with Crippen LogP contribution in [-0.4, -0.2) is 29.2 Å². The van der Waals surface area contributed by atoms with Crippen LogP contribution in [0.2, 0.25) is 0 Å². The molecular formula is C18H16N2O3. The Morgan fingerprint density at radius 3 is 2.04 bits per heavy atom. The molecule has 0 radical (unpaired) electrons. The van der Waals surface area contributed by atoms with Crippen LogP contribution in [0.15, 0.2) is 54.6 Å². The van der Waals surface area contributed by atoms with Gasteiger partial charge in [-0.15, -0.1) is 0 Å². The lowest BCUT2D eigenvalue weighted by Crippen LogP contribution is -2.41. The maximum atomic E-state index is 12.2. The number of hydrogen-bond donors (Lipinski definition) is 1. The molecule has 23 heavy (non-hydrogen) atoms. The molecule has 0 spiro atoms. The average molecular weight is 308 g/mol. The smallest absolute Gasteiger partial charge is 0.262 e. The standard InChI is InChI=1S/C18H16N2O3/c1-12(13-7-3-2-4-8-13)19-16(21)11-20-17(22)14-9-5-6-10-15(14)18(20)23/h2-10,12H,11H2,1H3,(H,19,21)/t12-/m1/s1. The Kier molecular flexibility index (Phi) is 3.93. The van der Waals surface area contributed by atoms with Crippen molar-refractivity contribution in [2.75, 3.05) is 6.54 Å². The van der Waals surface area contributed by atoms with E-state index >= 15 is 0 Å². The molecule has 1 aliphatic heterocycles. The molecule has 2 aromatic rings. The van der Waals surface area contributed by atoms with E-state index in [1.54, 1.807) is 24.3 Å². The second-order valence-corrected chi connectivity index (χ2v) is 5.44. The Morgan fingerprint density at radius 1 is 0.957 bits per heavy atom. The highest BCUT2D eigenvalue weighted by Crippen LogP contribution is 2.22. The van der Waals surface area contributed by atoms with Crippen molar-refractivity contribution in [3.63, 3.8) is 0 Å². The maximum absolute atomic E-state index is 12.2. The van der Waals surface area contributed by atoms with Gasteiger partial charge in [-0.25, -0.2) is 0 Å². The molecule has 0 aliphatic carbocycles. The molecule has 2 aromatic carbocycles. The molecule has 3 rings (SSSR count). The number of imide groups is 1. The average Bonchev–Trinajstić information content (AvgIpc) is 2.81. The Bertz CT molecular complexity index is 736. The SMILES string of the molecule is C[C@@H](NC(=O)CN1C(=O)c2ccccc2C1=O)c1ccccc1. The fourth-order valence-corrected chi connectivity index (χ4v) is 2.64. The molecule has 1 N–H and O–H groups in total. The highest BCUT2D eigenvalue weighted by atomic mass is 16.2. The van der Waals surface area contributed by atoms with Crippen LogP contribution in [0.25, 0.3) is 0 Å². The molecule has 0 saturated carbocycles. The van der Waals surface area contributed by atoms with E-state index in [1.807, 2.05) is 37.3 Å². The summed E-state index contributed by atoms with van der Waals surface area (Å²) >= 11 is 0. The van der Waals surface area contributed by atoms with Crippen molar-refractivity contribution in [3.05, 3.63) is 71.3 Å². The van der Waals surface area contributed by atoms with Crippen molar-refractivity contribution in [3.8, 4) is 0 Å². The van der Waals surface area contributed by atoms with Crippen LogP contribution in [0, 0.1) is 0 Å². The fraction of sp³-hybridized carbons (Fsp3) is 0.167. The summed E-state index contributed by atoms with van der Waals surface area (Å²) in [7, 11) is 0. The van der Waals surface area contributed by atoms with Crippen molar-refractivity contribution in [1.82, 2.24) is 10.2 Å². The Hall–Kier alpha value is -2.95. The van der Waals surface area contributed by atoms with Gasteiger partial charge < -0.3 is 5.32 Å². The topological polar surface area (TPSA) is 66.5 Å². The zero-order valence-corrected chi connectivity index (χ0v) is 12.7. The van der Waals surface area contributed by atoms with E-state index in [9.17, 15) is 14.4 Å². The molecule has 0 unspecified atom stereocenters. The van der Waals surface area contributed by atoms with Gasteiger partial charge in [-0.05, 0) is 24.6 Å². The predicted octanol–water partition coefficient (Wildman–Crippen LogP) is 2.16. The number of carbonyl (C=O) groups excluding carboxylic acids is 3. The largest absolute Gasteiger partial charge is 0.348 e. The minimum Gasteiger partial charge on any atom is -0.348 e. The molecule has 5 heteroatoms. The molecular weight excluding hydrogens is 292 g/mol. The van der Waals surface area contributed by atoms with Crippen LogP contribution >= 0.6 is 0 Å². The number of hydrogen-bond acceptors (Lipinski definition) is 3. The van der Waals surface area contributed by atoms with Gasteiger partial charge in [0, 0.05) is 0 Å². The van der Waals surface area contributed by atoms with Gasteiger partial charge >= 0.3 is 0 Å². The first-order valence-electron chi connectivity index (χ1n) is 7.37. The monoisotopic (exact) mass is 308 g/mol. The molecule has 1 atom stereocenters. The van der Waals surface area contributed by atoms with Gasteiger partial charge in [0.05, 0.1) is 17.2 Å². The van der Waals surface area contributed by atoms with Gasteiger partial charge in [0.25, 0.3) is 11.8 Å². The zero-order valence-electron chi connectivity index (χ0n) is 12.7. The molecule has 0 aromatic heterocycles. The Morgan fingerprint density at radius 2 is 1.48 bits per heavy atom. The van der Waals surface area contributed by atoms with Crippen molar-refractivity contribution in [1.29, 1.82) is 0 Å². The predicted molar refractivity (Wildman–Crippen MR) is 84.8 cm³/mol. The second kappa shape index (κ2) is 6.04. The molecule has 3 amide bonds.